The van der Waals surface area contributed by atoms with Crippen molar-refractivity contribution in [1.29, 1.82) is 0 Å². The Hall–Kier alpha value is -2.47. The average Bonchev–Trinajstić information content (AvgIpc) is 2.53. The van der Waals surface area contributed by atoms with E-state index in [-0.39, 0.29) is 19.1 Å². The third-order valence-electron chi connectivity index (χ3n) is 3.70. The first kappa shape index (κ1) is 14.5. The monoisotopic (exact) mass is 300 g/mol. The molecular formula is C16H16N2O4. The van der Waals surface area contributed by atoms with Crippen LogP contribution in [0.1, 0.15) is 16.1 Å². The predicted molar refractivity (Wildman–Crippen MR) is 79.8 cm³/mol. The number of carbonyl (C=O) groups excluding carboxylic acids is 1. The molecule has 0 aliphatic carbocycles. The van der Waals surface area contributed by atoms with Crippen molar-refractivity contribution in [3.8, 4) is 0 Å². The highest BCUT2D eigenvalue weighted by molar-refractivity contribution is 6.06. The van der Waals surface area contributed by atoms with Gasteiger partial charge in [-0.15, -0.1) is 0 Å². The number of ether oxygens (including phenoxy) is 1. The molecule has 1 N–H and O–H groups in total. The second kappa shape index (κ2) is 5.73. The first-order valence-electron chi connectivity index (χ1n) is 7.06. The molecule has 0 bridgehead atoms. The van der Waals surface area contributed by atoms with E-state index < -0.39 is 12.1 Å². The second-order valence-corrected chi connectivity index (χ2v) is 5.28. The molecule has 1 aliphatic heterocycles. The first-order chi connectivity index (χ1) is 10.6. The number of aliphatic carboxylic acids is 1. The van der Waals surface area contributed by atoms with Gasteiger partial charge in [0.1, 0.15) is 0 Å². The molecule has 0 spiro atoms. The molecule has 1 amide bonds. The van der Waals surface area contributed by atoms with E-state index in [1.807, 2.05) is 31.2 Å². The highest BCUT2D eigenvalue weighted by Crippen LogP contribution is 2.21. The standard InChI is InChI=1S/C16H16N2O4/c1-10-8-12(11-4-2-3-5-13(11)17-10)15(19)18-6-7-22-14(9-18)16(20)21/h2-5,8,14H,6-7,9H2,1H3,(H,20,21). The van der Waals surface area contributed by atoms with E-state index in [4.69, 9.17) is 9.84 Å². The van der Waals surface area contributed by atoms with Crippen LogP contribution in [0.2, 0.25) is 0 Å². The number of para-hydroxylation sites is 1. The van der Waals surface area contributed by atoms with Crippen molar-refractivity contribution in [3.05, 3.63) is 41.6 Å². The normalized spacial score (nSPS) is 18.4. The van der Waals surface area contributed by atoms with E-state index in [1.165, 1.54) is 4.90 Å². The maximum atomic E-state index is 12.8. The molecule has 2 heterocycles. The van der Waals surface area contributed by atoms with Crippen LogP contribution in [-0.2, 0) is 9.53 Å². The van der Waals surface area contributed by atoms with Gasteiger partial charge in [0.15, 0.2) is 6.10 Å². The summed E-state index contributed by atoms with van der Waals surface area (Å²) in [5.41, 5.74) is 2.06. The molecule has 1 unspecified atom stereocenters. The molecule has 1 saturated heterocycles. The number of benzene rings is 1. The molecule has 3 rings (SSSR count). The van der Waals surface area contributed by atoms with Gasteiger partial charge in [-0.1, -0.05) is 18.2 Å². The Morgan fingerprint density at radius 1 is 1.36 bits per heavy atom. The number of pyridine rings is 1. The van der Waals surface area contributed by atoms with Gasteiger partial charge >= 0.3 is 5.97 Å². The van der Waals surface area contributed by atoms with Crippen LogP contribution in [0, 0.1) is 6.92 Å². The van der Waals surface area contributed by atoms with Crippen molar-refractivity contribution >= 4 is 22.8 Å². The van der Waals surface area contributed by atoms with Crippen LogP contribution in [0.25, 0.3) is 10.9 Å². The Kier molecular flexibility index (Phi) is 3.77. The van der Waals surface area contributed by atoms with Crippen LogP contribution in [0.5, 0.6) is 0 Å². The fourth-order valence-electron chi connectivity index (χ4n) is 2.64. The van der Waals surface area contributed by atoms with Gasteiger partial charge in [0.2, 0.25) is 0 Å². The van der Waals surface area contributed by atoms with Gasteiger partial charge in [-0.05, 0) is 19.1 Å². The van der Waals surface area contributed by atoms with E-state index in [0.29, 0.717) is 12.1 Å². The lowest BCUT2D eigenvalue weighted by molar-refractivity contribution is -0.154. The molecule has 22 heavy (non-hydrogen) atoms. The van der Waals surface area contributed by atoms with Gasteiger partial charge in [0.25, 0.3) is 5.91 Å². The van der Waals surface area contributed by atoms with Crippen molar-refractivity contribution < 1.29 is 19.4 Å². The highest BCUT2D eigenvalue weighted by Gasteiger charge is 2.30. The Morgan fingerprint density at radius 2 is 2.14 bits per heavy atom. The van der Waals surface area contributed by atoms with Crippen LogP contribution >= 0.6 is 0 Å². The van der Waals surface area contributed by atoms with E-state index in [0.717, 1.165) is 16.6 Å². The number of amides is 1. The van der Waals surface area contributed by atoms with Gasteiger partial charge in [0.05, 0.1) is 24.2 Å². The van der Waals surface area contributed by atoms with Crippen LogP contribution in [0.15, 0.2) is 30.3 Å². The molecule has 1 aromatic carbocycles. The summed E-state index contributed by atoms with van der Waals surface area (Å²) in [6, 6.07) is 9.19. The van der Waals surface area contributed by atoms with Gasteiger partial charge in [-0.3, -0.25) is 9.78 Å². The van der Waals surface area contributed by atoms with Crippen LogP contribution < -0.4 is 0 Å². The molecule has 1 aliphatic rings. The third kappa shape index (κ3) is 2.65. The highest BCUT2D eigenvalue weighted by atomic mass is 16.5. The second-order valence-electron chi connectivity index (χ2n) is 5.28. The van der Waals surface area contributed by atoms with Crippen molar-refractivity contribution in [1.82, 2.24) is 9.88 Å². The fraction of sp³-hybridized carbons (Fsp3) is 0.312. The summed E-state index contributed by atoms with van der Waals surface area (Å²) in [6.07, 6.45) is -0.966. The number of hydrogen-bond acceptors (Lipinski definition) is 4. The molecule has 0 radical (unpaired) electrons. The quantitative estimate of drug-likeness (QED) is 0.908. The summed E-state index contributed by atoms with van der Waals surface area (Å²) in [6.45, 7) is 2.51. The minimum absolute atomic E-state index is 0.0594. The van der Waals surface area contributed by atoms with E-state index in [2.05, 4.69) is 4.98 Å². The summed E-state index contributed by atoms with van der Waals surface area (Å²) >= 11 is 0. The lowest BCUT2D eigenvalue weighted by Gasteiger charge is -2.31. The molecule has 2 aromatic rings. The number of nitrogens with zero attached hydrogens (tertiary/aromatic N) is 2. The van der Waals surface area contributed by atoms with Crippen molar-refractivity contribution in [3.63, 3.8) is 0 Å². The fourth-order valence-corrected chi connectivity index (χ4v) is 2.64. The van der Waals surface area contributed by atoms with Gasteiger partial charge in [-0.2, -0.15) is 0 Å². The lowest BCUT2D eigenvalue weighted by atomic mass is 10.1. The lowest BCUT2D eigenvalue weighted by Crippen LogP contribution is -2.48. The van der Waals surface area contributed by atoms with E-state index in [9.17, 15) is 9.59 Å². The Balaban J connectivity index is 1.97. The number of fused-ring (bicyclic) bond motifs is 1. The topological polar surface area (TPSA) is 79.7 Å². The summed E-state index contributed by atoms with van der Waals surface area (Å²) in [4.78, 5) is 29.8. The average molecular weight is 300 g/mol. The van der Waals surface area contributed by atoms with Crippen LogP contribution in [-0.4, -0.2) is 52.7 Å². The van der Waals surface area contributed by atoms with E-state index >= 15 is 0 Å². The largest absolute Gasteiger partial charge is 0.479 e. The van der Waals surface area contributed by atoms with Crippen LogP contribution in [0.3, 0.4) is 0 Å². The zero-order chi connectivity index (χ0) is 15.7. The molecule has 1 atom stereocenters. The number of hydrogen-bond donors (Lipinski definition) is 1. The summed E-state index contributed by atoms with van der Waals surface area (Å²) in [5.74, 6) is -1.23. The number of morpholine rings is 1. The smallest absolute Gasteiger partial charge is 0.334 e. The zero-order valence-electron chi connectivity index (χ0n) is 12.2. The first-order valence-corrected chi connectivity index (χ1v) is 7.06. The summed E-state index contributed by atoms with van der Waals surface area (Å²) < 4.78 is 5.16. The molecule has 114 valence electrons. The molecule has 1 fully saturated rings. The molecule has 0 saturated carbocycles. The number of rotatable bonds is 2. The maximum absolute atomic E-state index is 12.8. The van der Waals surface area contributed by atoms with Gasteiger partial charge in [0, 0.05) is 17.6 Å². The zero-order valence-corrected chi connectivity index (χ0v) is 12.2. The molecular weight excluding hydrogens is 284 g/mol. The number of carbonyl (C=O) groups is 2. The predicted octanol–water partition coefficient (Wildman–Crippen LogP) is 1.47. The van der Waals surface area contributed by atoms with Crippen LogP contribution in [0.4, 0.5) is 0 Å². The number of carboxylic acids is 1. The molecule has 6 heteroatoms. The van der Waals surface area contributed by atoms with Crippen molar-refractivity contribution in [2.75, 3.05) is 19.7 Å². The molecule has 6 nitrogen and oxygen atoms in total. The van der Waals surface area contributed by atoms with E-state index in [1.54, 1.807) is 6.07 Å². The van der Waals surface area contributed by atoms with Gasteiger partial charge in [-0.25, -0.2) is 4.79 Å². The summed E-state index contributed by atoms with van der Waals surface area (Å²) in [5, 5.41) is 9.83. The number of aryl methyl sites for hydroxylation is 1. The Bertz CT molecular complexity index is 744. The summed E-state index contributed by atoms with van der Waals surface area (Å²) in [7, 11) is 0. The Labute approximate surface area is 127 Å². The minimum Gasteiger partial charge on any atom is -0.479 e. The minimum atomic E-state index is -1.05. The number of carboxylic acid groups (broad SMARTS) is 1. The SMILES string of the molecule is Cc1cc(C(=O)N2CCOC(C(=O)O)C2)c2ccccc2n1. The maximum Gasteiger partial charge on any atom is 0.334 e. The van der Waals surface area contributed by atoms with Crippen molar-refractivity contribution in [2.24, 2.45) is 0 Å². The number of aromatic nitrogens is 1. The van der Waals surface area contributed by atoms with Gasteiger partial charge < -0.3 is 14.7 Å². The molecule has 1 aromatic heterocycles. The Morgan fingerprint density at radius 3 is 2.91 bits per heavy atom. The third-order valence-corrected chi connectivity index (χ3v) is 3.70. The van der Waals surface area contributed by atoms with Crippen molar-refractivity contribution in [2.45, 2.75) is 13.0 Å².